The van der Waals surface area contributed by atoms with Crippen LogP contribution in [0.25, 0.3) is 0 Å². The summed E-state index contributed by atoms with van der Waals surface area (Å²) in [6, 6.07) is 21.0. The number of nitrogens with zero attached hydrogens (tertiary/aromatic N) is 1. The number of sulfonamides is 1. The fraction of sp³-hybridized carbons (Fsp3) is 0.200. The molecular weight excluding hydrogens is 438 g/mol. The minimum Gasteiger partial charge on any atom is -0.326 e. The van der Waals surface area contributed by atoms with Gasteiger partial charge in [0.2, 0.25) is 21.8 Å². The molecule has 2 N–H and O–H groups in total. The average Bonchev–Trinajstić information content (AvgIpc) is 2.73. The van der Waals surface area contributed by atoms with Crippen molar-refractivity contribution in [3.63, 3.8) is 0 Å². The van der Waals surface area contributed by atoms with E-state index in [2.05, 4.69) is 10.6 Å². The number of carbonyl (C=O) groups is 2. The first-order valence-corrected chi connectivity index (χ1v) is 11.9. The molecule has 0 spiro atoms. The van der Waals surface area contributed by atoms with Crippen LogP contribution in [0.5, 0.6) is 0 Å². The van der Waals surface area contributed by atoms with Crippen molar-refractivity contribution in [2.45, 2.75) is 38.8 Å². The van der Waals surface area contributed by atoms with Gasteiger partial charge in [0.05, 0.1) is 4.90 Å². The molecule has 7 nitrogen and oxygen atoms in total. The average molecular weight is 466 g/mol. The van der Waals surface area contributed by atoms with Crippen molar-refractivity contribution < 1.29 is 18.0 Å². The lowest BCUT2D eigenvalue weighted by Crippen LogP contribution is -2.30. The highest BCUT2D eigenvalue weighted by Crippen LogP contribution is 2.24. The molecule has 8 heteroatoms. The van der Waals surface area contributed by atoms with Gasteiger partial charge in [0.1, 0.15) is 0 Å². The van der Waals surface area contributed by atoms with Crippen LogP contribution in [-0.2, 0) is 32.7 Å². The Labute approximate surface area is 194 Å². The number of hydrogen-bond donors (Lipinski definition) is 2. The molecule has 0 heterocycles. The predicted molar refractivity (Wildman–Crippen MR) is 129 cm³/mol. The normalized spacial score (nSPS) is 11.3. The fourth-order valence-electron chi connectivity index (χ4n) is 3.46. The Morgan fingerprint density at radius 2 is 1.24 bits per heavy atom. The van der Waals surface area contributed by atoms with Crippen LogP contribution in [0.3, 0.4) is 0 Å². The van der Waals surface area contributed by atoms with Gasteiger partial charge in [-0.3, -0.25) is 9.59 Å². The SMILES string of the molecule is CC(=O)Nc1cccc(CN(Cc2cccc(NC(C)=O)c2)S(=O)(=O)c2cccc(C)c2)c1. The third-order valence-electron chi connectivity index (χ3n) is 4.84. The van der Waals surface area contributed by atoms with Crippen LogP contribution >= 0.6 is 0 Å². The highest BCUT2D eigenvalue weighted by atomic mass is 32.2. The van der Waals surface area contributed by atoms with Gasteiger partial charge in [-0.1, -0.05) is 36.4 Å². The van der Waals surface area contributed by atoms with Gasteiger partial charge in [0.25, 0.3) is 0 Å². The number of anilines is 2. The molecule has 0 atom stereocenters. The maximum atomic E-state index is 13.6. The molecule has 0 aromatic heterocycles. The van der Waals surface area contributed by atoms with Crippen LogP contribution in [-0.4, -0.2) is 24.5 Å². The standard InChI is InChI=1S/C25H27N3O4S/c1-18-7-4-12-25(13-18)33(31,32)28(16-21-8-5-10-23(14-21)26-19(2)29)17-22-9-6-11-24(15-22)27-20(3)30/h4-15H,16-17H2,1-3H3,(H,26,29)(H,27,30). The second-order valence-corrected chi connectivity index (χ2v) is 9.79. The molecule has 0 bridgehead atoms. The van der Waals surface area contributed by atoms with Crippen LogP contribution in [0.2, 0.25) is 0 Å². The Morgan fingerprint density at radius 3 is 1.70 bits per heavy atom. The summed E-state index contributed by atoms with van der Waals surface area (Å²) in [4.78, 5) is 23.1. The molecule has 0 saturated heterocycles. The van der Waals surface area contributed by atoms with Crippen LogP contribution in [0.15, 0.2) is 77.7 Å². The van der Waals surface area contributed by atoms with Gasteiger partial charge in [-0.2, -0.15) is 4.31 Å². The van der Waals surface area contributed by atoms with E-state index in [0.717, 1.165) is 16.7 Å². The smallest absolute Gasteiger partial charge is 0.243 e. The second-order valence-electron chi connectivity index (χ2n) is 7.85. The van der Waals surface area contributed by atoms with Crippen molar-refractivity contribution in [3.05, 3.63) is 89.5 Å². The summed E-state index contributed by atoms with van der Waals surface area (Å²) in [6.07, 6.45) is 0. The van der Waals surface area contributed by atoms with Gasteiger partial charge in [0.15, 0.2) is 0 Å². The van der Waals surface area contributed by atoms with Crippen LogP contribution in [0.4, 0.5) is 11.4 Å². The topological polar surface area (TPSA) is 95.6 Å². The molecule has 172 valence electrons. The van der Waals surface area contributed by atoms with E-state index in [1.807, 2.05) is 25.1 Å². The first kappa shape index (κ1) is 24.2. The summed E-state index contributed by atoms with van der Waals surface area (Å²) in [7, 11) is -3.83. The summed E-state index contributed by atoms with van der Waals surface area (Å²) in [5.41, 5.74) is 3.50. The molecule has 0 aliphatic rings. The molecule has 0 fully saturated rings. The molecule has 3 aromatic carbocycles. The van der Waals surface area contributed by atoms with Gasteiger partial charge >= 0.3 is 0 Å². The van der Waals surface area contributed by atoms with Crippen molar-refractivity contribution in [3.8, 4) is 0 Å². The lowest BCUT2D eigenvalue weighted by Gasteiger charge is -2.23. The zero-order valence-corrected chi connectivity index (χ0v) is 19.6. The van der Waals surface area contributed by atoms with E-state index in [0.29, 0.717) is 11.4 Å². The Kier molecular flexibility index (Phi) is 7.63. The zero-order chi connectivity index (χ0) is 24.0. The summed E-state index contributed by atoms with van der Waals surface area (Å²) < 4.78 is 28.6. The number of carbonyl (C=O) groups excluding carboxylic acids is 2. The van der Waals surface area contributed by atoms with E-state index in [1.54, 1.807) is 54.6 Å². The summed E-state index contributed by atoms with van der Waals surface area (Å²) in [6.45, 7) is 4.89. The molecule has 2 amide bonds. The van der Waals surface area contributed by atoms with Gasteiger partial charge in [-0.25, -0.2) is 8.42 Å². The fourth-order valence-corrected chi connectivity index (χ4v) is 4.98. The Balaban J connectivity index is 1.98. The van der Waals surface area contributed by atoms with E-state index >= 15 is 0 Å². The first-order valence-electron chi connectivity index (χ1n) is 10.4. The lowest BCUT2D eigenvalue weighted by atomic mass is 10.1. The van der Waals surface area contributed by atoms with Gasteiger partial charge in [-0.05, 0) is 60.0 Å². The van der Waals surface area contributed by atoms with Crippen molar-refractivity contribution in [2.75, 3.05) is 10.6 Å². The lowest BCUT2D eigenvalue weighted by molar-refractivity contribution is -0.115. The number of benzene rings is 3. The molecule has 0 radical (unpaired) electrons. The minimum atomic E-state index is -3.83. The first-order chi connectivity index (χ1) is 15.6. The minimum absolute atomic E-state index is 0.105. The van der Waals surface area contributed by atoms with E-state index in [9.17, 15) is 18.0 Å². The Morgan fingerprint density at radius 1 is 0.758 bits per heavy atom. The van der Waals surface area contributed by atoms with Crippen molar-refractivity contribution in [1.82, 2.24) is 4.31 Å². The number of aryl methyl sites for hydroxylation is 1. The molecule has 0 unspecified atom stereocenters. The molecule has 3 aromatic rings. The second kappa shape index (κ2) is 10.4. The Bertz CT molecular complexity index is 1210. The highest BCUT2D eigenvalue weighted by Gasteiger charge is 2.25. The maximum absolute atomic E-state index is 13.6. The van der Waals surface area contributed by atoms with Crippen molar-refractivity contribution >= 4 is 33.2 Å². The molecule has 33 heavy (non-hydrogen) atoms. The van der Waals surface area contributed by atoms with Crippen LogP contribution < -0.4 is 10.6 Å². The van der Waals surface area contributed by atoms with Crippen LogP contribution in [0, 0.1) is 6.92 Å². The van der Waals surface area contributed by atoms with E-state index in [4.69, 9.17) is 0 Å². The zero-order valence-electron chi connectivity index (χ0n) is 18.8. The van der Waals surface area contributed by atoms with E-state index < -0.39 is 10.0 Å². The molecule has 0 saturated carbocycles. The van der Waals surface area contributed by atoms with Gasteiger partial charge in [-0.15, -0.1) is 0 Å². The quantitative estimate of drug-likeness (QED) is 0.518. The number of amides is 2. The van der Waals surface area contributed by atoms with E-state index in [-0.39, 0.29) is 29.8 Å². The van der Waals surface area contributed by atoms with Crippen molar-refractivity contribution in [2.24, 2.45) is 0 Å². The molecule has 3 rings (SSSR count). The maximum Gasteiger partial charge on any atom is 0.243 e. The summed E-state index contributed by atoms with van der Waals surface area (Å²) >= 11 is 0. The number of nitrogens with one attached hydrogen (secondary N) is 2. The largest absolute Gasteiger partial charge is 0.326 e. The monoisotopic (exact) mass is 465 g/mol. The van der Waals surface area contributed by atoms with E-state index in [1.165, 1.54) is 18.2 Å². The van der Waals surface area contributed by atoms with Gasteiger partial charge in [0, 0.05) is 38.3 Å². The van der Waals surface area contributed by atoms with Crippen LogP contribution in [0.1, 0.15) is 30.5 Å². The molecule has 0 aliphatic heterocycles. The Hall–Kier alpha value is -3.49. The van der Waals surface area contributed by atoms with Crippen molar-refractivity contribution in [1.29, 1.82) is 0 Å². The summed E-state index contributed by atoms with van der Waals surface area (Å²) in [5, 5.41) is 5.45. The van der Waals surface area contributed by atoms with Gasteiger partial charge < -0.3 is 10.6 Å². The third-order valence-corrected chi connectivity index (χ3v) is 6.63. The third kappa shape index (κ3) is 6.74. The molecular formula is C25H27N3O4S. The number of hydrogen-bond acceptors (Lipinski definition) is 4. The highest BCUT2D eigenvalue weighted by molar-refractivity contribution is 7.89. The summed E-state index contributed by atoms with van der Waals surface area (Å²) in [5.74, 6) is -0.405. The predicted octanol–water partition coefficient (Wildman–Crippen LogP) is 4.30. The number of rotatable bonds is 8. The molecule has 0 aliphatic carbocycles.